The standard InChI is InChI=1S/C3H5N3S/c1-2-5-6-3(4)7-2/h5H,1H2,(H2,4,6). The van der Waals surface area contributed by atoms with Crippen LogP contribution in [-0.4, -0.2) is 5.17 Å². The van der Waals surface area contributed by atoms with Crippen molar-refractivity contribution < 1.29 is 0 Å². The number of nitrogens with two attached hydrogens (primary N) is 1. The topological polar surface area (TPSA) is 50.4 Å². The molecule has 38 valence electrons. The highest BCUT2D eigenvalue weighted by molar-refractivity contribution is 8.17. The van der Waals surface area contributed by atoms with Crippen LogP contribution in [0.3, 0.4) is 0 Å². The van der Waals surface area contributed by atoms with Crippen LogP contribution < -0.4 is 11.2 Å². The monoisotopic (exact) mass is 115 g/mol. The van der Waals surface area contributed by atoms with E-state index in [0.717, 1.165) is 5.03 Å². The Morgan fingerprint density at radius 1 is 1.86 bits per heavy atom. The van der Waals surface area contributed by atoms with Crippen molar-refractivity contribution in [1.29, 1.82) is 0 Å². The van der Waals surface area contributed by atoms with E-state index in [-0.39, 0.29) is 0 Å². The minimum atomic E-state index is 0.532. The van der Waals surface area contributed by atoms with Gasteiger partial charge in [0.05, 0.1) is 5.03 Å². The quantitative estimate of drug-likeness (QED) is 0.468. The van der Waals surface area contributed by atoms with Gasteiger partial charge in [-0.2, -0.15) is 0 Å². The zero-order valence-corrected chi connectivity index (χ0v) is 4.46. The Labute approximate surface area is 45.7 Å². The van der Waals surface area contributed by atoms with Crippen LogP contribution in [0.15, 0.2) is 16.7 Å². The van der Waals surface area contributed by atoms with E-state index in [1.54, 1.807) is 0 Å². The Morgan fingerprint density at radius 3 is 2.71 bits per heavy atom. The van der Waals surface area contributed by atoms with Crippen LogP contribution in [0.4, 0.5) is 0 Å². The zero-order chi connectivity index (χ0) is 5.28. The first-order valence-electron chi connectivity index (χ1n) is 1.75. The molecule has 0 bridgehead atoms. The first kappa shape index (κ1) is 4.52. The van der Waals surface area contributed by atoms with Crippen LogP contribution >= 0.6 is 11.8 Å². The van der Waals surface area contributed by atoms with Gasteiger partial charge in [-0.25, -0.2) is 0 Å². The van der Waals surface area contributed by atoms with Crippen molar-refractivity contribution in [2.24, 2.45) is 10.8 Å². The first-order chi connectivity index (χ1) is 3.29. The van der Waals surface area contributed by atoms with Gasteiger partial charge in [0.2, 0.25) is 0 Å². The molecule has 1 aliphatic rings. The highest BCUT2D eigenvalue weighted by Crippen LogP contribution is 2.14. The molecule has 0 unspecified atom stereocenters. The van der Waals surface area contributed by atoms with Crippen molar-refractivity contribution in [3.8, 4) is 0 Å². The maximum atomic E-state index is 5.21. The molecular weight excluding hydrogens is 110 g/mol. The number of amidine groups is 1. The summed E-state index contributed by atoms with van der Waals surface area (Å²) in [6.07, 6.45) is 0. The number of nitrogens with one attached hydrogen (secondary N) is 1. The minimum Gasteiger partial charge on any atom is -0.377 e. The first-order valence-corrected chi connectivity index (χ1v) is 2.56. The van der Waals surface area contributed by atoms with E-state index in [1.165, 1.54) is 11.8 Å². The molecule has 0 aliphatic carbocycles. The molecule has 1 heterocycles. The lowest BCUT2D eigenvalue weighted by molar-refractivity contribution is 0.970. The van der Waals surface area contributed by atoms with Gasteiger partial charge in [0.1, 0.15) is 0 Å². The van der Waals surface area contributed by atoms with Crippen LogP contribution in [0.25, 0.3) is 0 Å². The summed E-state index contributed by atoms with van der Waals surface area (Å²) >= 11 is 1.34. The second kappa shape index (κ2) is 1.46. The van der Waals surface area contributed by atoms with Gasteiger partial charge in [-0.15, -0.1) is 5.10 Å². The highest BCUT2D eigenvalue weighted by atomic mass is 32.2. The Kier molecular flexibility index (Phi) is 0.941. The molecule has 0 saturated heterocycles. The van der Waals surface area contributed by atoms with Gasteiger partial charge in [-0.3, -0.25) is 5.43 Å². The Morgan fingerprint density at radius 2 is 2.57 bits per heavy atom. The molecular formula is C3H5N3S. The smallest absolute Gasteiger partial charge is 0.184 e. The van der Waals surface area contributed by atoms with Gasteiger partial charge in [0, 0.05) is 0 Å². The third-order valence-electron chi connectivity index (χ3n) is 0.519. The van der Waals surface area contributed by atoms with E-state index in [1.807, 2.05) is 0 Å². The molecule has 0 aromatic heterocycles. The second-order valence-electron chi connectivity index (χ2n) is 1.09. The Bertz CT molecular complexity index is 128. The van der Waals surface area contributed by atoms with E-state index < -0.39 is 0 Å². The van der Waals surface area contributed by atoms with Gasteiger partial charge >= 0.3 is 0 Å². The van der Waals surface area contributed by atoms with Crippen LogP contribution in [0, 0.1) is 0 Å². The van der Waals surface area contributed by atoms with E-state index in [2.05, 4.69) is 17.1 Å². The second-order valence-corrected chi connectivity index (χ2v) is 2.20. The maximum absolute atomic E-state index is 5.21. The molecule has 3 N–H and O–H groups in total. The van der Waals surface area contributed by atoms with Gasteiger partial charge in [0.25, 0.3) is 0 Å². The lowest BCUT2D eigenvalue weighted by atomic mass is 11.1. The summed E-state index contributed by atoms with van der Waals surface area (Å²) in [6.45, 7) is 3.56. The van der Waals surface area contributed by atoms with Gasteiger partial charge in [-0.05, 0) is 11.8 Å². The maximum Gasteiger partial charge on any atom is 0.184 e. The van der Waals surface area contributed by atoms with E-state index in [4.69, 9.17) is 5.73 Å². The molecule has 3 nitrogen and oxygen atoms in total. The van der Waals surface area contributed by atoms with Crippen molar-refractivity contribution in [2.75, 3.05) is 0 Å². The van der Waals surface area contributed by atoms with E-state index in [0.29, 0.717) is 5.17 Å². The third kappa shape index (κ3) is 0.866. The van der Waals surface area contributed by atoms with E-state index in [9.17, 15) is 0 Å². The number of hydrazone groups is 1. The molecule has 0 amide bonds. The molecule has 1 aliphatic heterocycles. The van der Waals surface area contributed by atoms with Crippen LogP contribution in [0.2, 0.25) is 0 Å². The molecule has 1 rings (SSSR count). The number of hydrogen-bond acceptors (Lipinski definition) is 4. The predicted octanol–water partition coefficient (Wildman–Crippen LogP) is 0.0237. The Hall–Kier alpha value is -0.640. The third-order valence-corrected chi connectivity index (χ3v) is 1.16. The Balaban J connectivity index is 2.58. The average Bonchev–Trinajstić information content (AvgIpc) is 1.87. The molecule has 0 aromatic carbocycles. The number of thioether (sulfide) groups is 1. The lowest BCUT2D eigenvalue weighted by Gasteiger charge is -1.83. The molecule has 4 heteroatoms. The highest BCUT2D eigenvalue weighted by Gasteiger charge is 2.03. The summed E-state index contributed by atoms with van der Waals surface area (Å²) in [5.41, 5.74) is 7.82. The molecule has 0 fully saturated rings. The lowest BCUT2D eigenvalue weighted by Crippen LogP contribution is -2.01. The molecule has 0 aromatic rings. The predicted molar refractivity (Wildman–Crippen MR) is 31.5 cm³/mol. The van der Waals surface area contributed by atoms with Crippen molar-refractivity contribution in [3.63, 3.8) is 0 Å². The van der Waals surface area contributed by atoms with Gasteiger partial charge < -0.3 is 5.73 Å². The fourth-order valence-electron chi connectivity index (χ4n) is 0.289. The molecule has 7 heavy (non-hydrogen) atoms. The molecule has 0 spiro atoms. The number of nitrogens with zero attached hydrogens (tertiary/aromatic N) is 1. The summed E-state index contributed by atoms with van der Waals surface area (Å²) in [6, 6.07) is 0. The number of hydrogen-bond donors (Lipinski definition) is 2. The zero-order valence-electron chi connectivity index (χ0n) is 3.64. The largest absolute Gasteiger partial charge is 0.377 e. The SMILES string of the molecule is C=C1NN=C(N)S1. The van der Waals surface area contributed by atoms with Crippen LogP contribution in [-0.2, 0) is 0 Å². The summed E-state index contributed by atoms with van der Waals surface area (Å²) in [5, 5.41) is 4.95. The molecule has 0 radical (unpaired) electrons. The summed E-state index contributed by atoms with van der Waals surface area (Å²) < 4.78 is 0. The fourth-order valence-corrected chi connectivity index (χ4v) is 0.724. The fraction of sp³-hybridized carbons (Fsp3) is 0. The van der Waals surface area contributed by atoms with Crippen LogP contribution in [0.1, 0.15) is 0 Å². The van der Waals surface area contributed by atoms with Crippen molar-refractivity contribution in [2.45, 2.75) is 0 Å². The van der Waals surface area contributed by atoms with Gasteiger partial charge in [-0.1, -0.05) is 6.58 Å². The van der Waals surface area contributed by atoms with Crippen molar-refractivity contribution in [1.82, 2.24) is 5.43 Å². The summed E-state index contributed by atoms with van der Waals surface area (Å²) in [5.74, 6) is 0. The number of rotatable bonds is 0. The molecule has 0 atom stereocenters. The summed E-state index contributed by atoms with van der Waals surface area (Å²) in [4.78, 5) is 0. The average molecular weight is 115 g/mol. The van der Waals surface area contributed by atoms with Gasteiger partial charge in [0.15, 0.2) is 5.17 Å². The normalized spacial score (nSPS) is 18.9. The van der Waals surface area contributed by atoms with Crippen LogP contribution in [0.5, 0.6) is 0 Å². The van der Waals surface area contributed by atoms with Crippen molar-refractivity contribution in [3.05, 3.63) is 11.6 Å². The van der Waals surface area contributed by atoms with Crippen molar-refractivity contribution >= 4 is 16.9 Å². The summed E-state index contributed by atoms with van der Waals surface area (Å²) in [7, 11) is 0. The minimum absolute atomic E-state index is 0.532. The van der Waals surface area contributed by atoms with E-state index >= 15 is 0 Å². The molecule has 0 saturated carbocycles.